The Kier molecular flexibility index (Phi) is 5.74. The van der Waals surface area contributed by atoms with Crippen molar-refractivity contribution in [2.75, 3.05) is 19.8 Å². The Labute approximate surface area is 157 Å². The summed E-state index contributed by atoms with van der Waals surface area (Å²) in [5.41, 5.74) is 1.78. The van der Waals surface area contributed by atoms with E-state index >= 15 is 0 Å². The van der Waals surface area contributed by atoms with Gasteiger partial charge in [0.05, 0.1) is 23.4 Å². The van der Waals surface area contributed by atoms with Crippen LogP contribution in [0.25, 0.3) is 11.0 Å². The number of rotatable bonds is 6. The number of aliphatic carboxylic acids is 1. The number of nitrogens with zero attached hydrogens (tertiary/aromatic N) is 3. The van der Waals surface area contributed by atoms with Crippen LogP contribution >= 0.6 is 0 Å². The molecule has 3 rings (SSSR count). The van der Waals surface area contributed by atoms with Crippen LogP contribution in [0.15, 0.2) is 12.3 Å². The number of aryl methyl sites for hydroxylation is 1. The second-order valence-electron chi connectivity index (χ2n) is 7.32. The number of fused-ring (bicyclic) bond motifs is 1. The van der Waals surface area contributed by atoms with Crippen molar-refractivity contribution in [3.05, 3.63) is 23.5 Å². The van der Waals surface area contributed by atoms with E-state index < -0.39 is 11.9 Å². The van der Waals surface area contributed by atoms with E-state index in [-0.39, 0.29) is 24.4 Å². The molecule has 0 spiro atoms. The van der Waals surface area contributed by atoms with Gasteiger partial charge in [0.2, 0.25) is 0 Å². The molecule has 0 bridgehead atoms. The van der Waals surface area contributed by atoms with E-state index in [1.165, 1.54) is 0 Å². The number of carbonyl (C=O) groups excluding carboxylic acids is 1. The van der Waals surface area contributed by atoms with Gasteiger partial charge in [-0.25, -0.2) is 9.67 Å². The molecule has 27 heavy (non-hydrogen) atoms. The molecule has 1 atom stereocenters. The van der Waals surface area contributed by atoms with Gasteiger partial charge in [0.15, 0.2) is 5.65 Å². The third kappa shape index (κ3) is 4.10. The zero-order chi connectivity index (χ0) is 19.6. The largest absolute Gasteiger partial charge is 0.481 e. The quantitative estimate of drug-likeness (QED) is 0.803. The van der Waals surface area contributed by atoms with Gasteiger partial charge in [-0.05, 0) is 45.6 Å². The molecule has 1 amide bonds. The van der Waals surface area contributed by atoms with Crippen molar-refractivity contribution < 1.29 is 19.4 Å². The van der Waals surface area contributed by atoms with Gasteiger partial charge in [0, 0.05) is 31.2 Å². The molecule has 2 aromatic heterocycles. The molecular formula is C19H26N4O4. The fourth-order valence-electron chi connectivity index (χ4n) is 3.55. The standard InChI is InChI=1S/C19H26N4O4/c1-11(2)23-17-14(9-21-23)8-15(12(3)22-17)18(24)20-10-16(19(25)26)13-4-6-27-7-5-13/h8-9,11,13,16H,4-7,10H2,1-3H3,(H,20,24)(H,25,26). The maximum absolute atomic E-state index is 12.7. The van der Waals surface area contributed by atoms with E-state index in [1.54, 1.807) is 19.2 Å². The predicted molar refractivity (Wildman–Crippen MR) is 99.7 cm³/mol. The van der Waals surface area contributed by atoms with E-state index in [9.17, 15) is 14.7 Å². The van der Waals surface area contributed by atoms with Crippen molar-refractivity contribution in [2.24, 2.45) is 11.8 Å². The summed E-state index contributed by atoms with van der Waals surface area (Å²) in [5, 5.41) is 17.4. The first-order valence-corrected chi connectivity index (χ1v) is 9.32. The minimum absolute atomic E-state index is 0.0162. The van der Waals surface area contributed by atoms with Gasteiger partial charge in [-0.2, -0.15) is 5.10 Å². The fraction of sp³-hybridized carbons (Fsp3) is 0.579. The zero-order valence-corrected chi connectivity index (χ0v) is 15.9. The number of carbonyl (C=O) groups is 2. The summed E-state index contributed by atoms with van der Waals surface area (Å²) in [5.74, 6) is -1.79. The van der Waals surface area contributed by atoms with Gasteiger partial charge >= 0.3 is 5.97 Å². The van der Waals surface area contributed by atoms with Crippen molar-refractivity contribution in [3.8, 4) is 0 Å². The van der Waals surface area contributed by atoms with Crippen molar-refractivity contribution in [2.45, 2.75) is 39.7 Å². The second-order valence-corrected chi connectivity index (χ2v) is 7.32. The summed E-state index contributed by atoms with van der Waals surface area (Å²) >= 11 is 0. The molecule has 0 radical (unpaired) electrons. The number of amides is 1. The van der Waals surface area contributed by atoms with Gasteiger partial charge in [-0.3, -0.25) is 9.59 Å². The van der Waals surface area contributed by atoms with Crippen LogP contribution < -0.4 is 5.32 Å². The van der Waals surface area contributed by atoms with Crippen LogP contribution in [0.1, 0.15) is 48.8 Å². The highest BCUT2D eigenvalue weighted by molar-refractivity contribution is 5.98. The Bertz CT molecular complexity index is 840. The molecule has 0 aromatic carbocycles. The Morgan fingerprint density at radius 1 is 1.37 bits per heavy atom. The molecule has 2 N–H and O–H groups in total. The molecule has 8 nitrogen and oxygen atoms in total. The van der Waals surface area contributed by atoms with Crippen LogP contribution in [-0.4, -0.2) is 51.5 Å². The average Bonchev–Trinajstić information content (AvgIpc) is 3.04. The summed E-state index contributed by atoms with van der Waals surface area (Å²) in [6, 6.07) is 1.94. The van der Waals surface area contributed by atoms with Gasteiger partial charge in [-0.15, -0.1) is 0 Å². The number of hydrogen-bond acceptors (Lipinski definition) is 5. The Morgan fingerprint density at radius 3 is 2.70 bits per heavy atom. The highest BCUT2D eigenvalue weighted by Gasteiger charge is 2.30. The van der Waals surface area contributed by atoms with Gasteiger partial charge in [0.1, 0.15) is 0 Å². The molecule has 3 heterocycles. The van der Waals surface area contributed by atoms with E-state index in [4.69, 9.17) is 4.74 Å². The minimum atomic E-state index is -0.884. The fourth-order valence-corrected chi connectivity index (χ4v) is 3.55. The third-order valence-corrected chi connectivity index (χ3v) is 5.13. The van der Waals surface area contributed by atoms with Crippen LogP contribution in [0.5, 0.6) is 0 Å². The van der Waals surface area contributed by atoms with Crippen LogP contribution in [0.2, 0.25) is 0 Å². The summed E-state index contributed by atoms with van der Waals surface area (Å²) in [6.45, 7) is 7.06. The van der Waals surface area contributed by atoms with E-state index in [0.29, 0.717) is 37.3 Å². The summed E-state index contributed by atoms with van der Waals surface area (Å²) in [4.78, 5) is 28.8. The van der Waals surface area contributed by atoms with Crippen molar-refractivity contribution in [1.29, 1.82) is 0 Å². The molecule has 0 saturated carbocycles. The lowest BCUT2D eigenvalue weighted by Gasteiger charge is -2.27. The number of hydrogen-bond donors (Lipinski definition) is 2. The SMILES string of the molecule is Cc1nc2c(cnn2C(C)C)cc1C(=O)NCC(C(=O)O)C1CCOCC1. The maximum atomic E-state index is 12.7. The third-order valence-electron chi connectivity index (χ3n) is 5.13. The molecule has 1 fully saturated rings. The minimum Gasteiger partial charge on any atom is -0.481 e. The number of carboxylic acid groups (broad SMARTS) is 1. The number of nitrogens with one attached hydrogen (secondary N) is 1. The van der Waals surface area contributed by atoms with Crippen LogP contribution in [0.4, 0.5) is 0 Å². The smallest absolute Gasteiger partial charge is 0.308 e. The van der Waals surface area contributed by atoms with Gasteiger partial charge in [0.25, 0.3) is 5.91 Å². The monoisotopic (exact) mass is 374 g/mol. The first-order chi connectivity index (χ1) is 12.9. The van der Waals surface area contributed by atoms with Gasteiger partial charge < -0.3 is 15.2 Å². The molecule has 1 aliphatic rings. The summed E-state index contributed by atoms with van der Waals surface area (Å²) < 4.78 is 7.12. The van der Waals surface area contributed by atoms with E-state index in [2.05, 4.69) is 15.4 Å². The number of aromatic nitrogens is 3. The number of ether oxygens (including phenoxy) is 1. The molecule has 0 aliphatic carbocycles. The summed E-state index contributed by atoms with van der Waals surface area (Å²) in [7, 11) is 0. The van der Waals surface area contributed by atoms with E-state index in [0.717, 1.165) is 11.0 Å². The molecular weight excluding hydrogens is 348 g/mol. The van der Waals surface area contributed by atoms with Crippen molar-refractivity contribution in [1.82, 2.24) is 20.1 Å². The van der Waals surface area contributed by atoms with Crippen molar-refractivity contribution >= 4 is 22.9 Å². The topological polar surface area (TPSA) is 106 Å². The summed E-state index contributed by atoms with van der Waals surface area (Å²) in [6.07, 6.45) is 3.10. The molecule has 8 heteroatoms. The highest BCUT2D eigenvalue weighted by Crippen LogP contribution is 2.24. The van der Waals surface area contributed by atoms with Gasteiger partial charge in [-0.1, -0.05) is 0 Å². The average molecular weight is 374 g/mol. The highest BCUT2D eigenvalue weighted by atomic mass is 16.5. The lowest BCUT2D eigenvalue weighted by atomic mass is 9.86. The number of carboxylic acids is 1. The molecule has 1 saturated heterocycles. The molecule has 1 unspecified atom stereocenters. The Balaban J connectivity index is 1.75. The van der Waals surface area contributed by atoms with Crippen LogP contribution in [0.3, 0.4) is 0 Å². The lowest BCUT2D eigenvalue weighted by Crippen LogP contribution is -2.39. The van der Waals surface area contributed by atoms with Crippen LogP contribution in [-0.2, 0) is 9.53 Å². The molecule has 146 valence electrons. The molecule has 1 aliphatic heterocycles. The van der Waals surface area contributed by atoms with Crippen molar-refractivity contribution in [3.63, 3.8) is 0 Å². The predicted octanol–water partition coefficient (Wildman–Crippen LogP) is 2.18. The Morgan fingerprint density at radius 2 is 2.07 bits per heavy atom. The first kappa shape index (κ1) is 19.3. The van der Waals surface area contributed by atoms with Crippen LogP contribution in [0, 0.1) is 18.8 Å². The maximum Gasteiger partial charge on any atom is 0.308 e. The second kappa shape index (κ2) is 8.04. The lowest BCUT2D eigenvalue weighted by molar-refractivity contribution is -0.144. The van der Waals surface area contributed by atoms with E-state index in [1.807, 2.05) is 18.5 Å². The Hall–Kier alpha value is -2.48. The zero-order valence-electron chi connectivity index (χ0n) is 15.9. The normalized spacial score (nSPS) is 16.6. The number of pyridine rings is 1. The first-order valence-electron chi connectivity index (χ1n) is 9.32. The molecule has 2 aromatic rings.